The number of allylic oxidation sites excluding steroid dienone is 1. The Bertz CT molecular complexity index is 137. The van der Waals surface area contributed by atoms with Gasteiger partial charge >= 0.3 is 0 Å². The number of thioether (sulfide) groups is 1. The van der Waals surface area contributed by atoms with Crippen LogP contribution in [0.5, 0.6) is 0 Å². The van der Waals surface area contributed by atoms with E-state index >= 15 is 0 Å². The van der Waals surface area contributed by atoms with Gasteiger partial charge in [-0.25, -0.2) is 0 Å². The second kappa shape index (κ2) is 11.1. The van der Waals surface area contributed by atoms with Crippen molar-refractivity contribution in [3.05, 3.63) is 11.5 Å². The second-order valence-corrected chi connectivity index (χ2v) is 4.33. The van der Waals surface area contributed by atoms with E-state index in [0.717, 1.165) is 6.42 Å². The topological polar surface area (TPSA) is 40.5 Å². The first kappa shape index (κ1) is 14.0. The zero-order valence-corrected chi connectivity index (χ0v) is 9.80. The van der Waals surface area contributed by atoms with Crippen molar-refractivity contribution in [2.24, 2.45) is 0 Å². The molecule has 0 rings (SSSR count). The van der Waals surface area contributed by atoms with E-state index in [1.807, 2.05) is 5.41 Å². The van der Waals surface area contributed by atoms with Crippen LogP contribution in [0.2, 0.25) is 0 Å². The summed E-state index contributed by atoms with van der Waals surface area (Å²) >= 11 is 1.56. The van der Waals surface area contributed by atoms with Gasteiger partial charge in [0.1, 0.15) is 0 Å². The first-order chi connectivity index (χ1) is 6.81. The van der Waals surface area contributed by atoms with E-state index in [-0.39, 0.29) is 6.61 Å². The Hall–Kier alpha value is 0.01000. The van der Waals surface area contributed by atoms with Crippen molar-refractivity contribution >= 4 is 11.8 Å². The van der Waals surface area contributed by atoms with Gasteiger partial charge in [-0.1, -0.05) is 32.3 Å². The van der Waals surface area contributed by atoms with Gasteiger partial charge < -0.3 is 10.2 Å². The van der Waals surface area contributed by atoms with Crippen LogP contribution in [-0.4, -0.2) is 28.7 Å². The normalized spacial score (nSPS) is 13.6. The summed E-state index contributed by atoms with van der Waals surface area (Å²) in [5, 5.41) is 19.6. The predicted octanol–water partition coefficient (Wildman–Crippen LogP) is 2.56. The van der Waals surface area contributed by atoms with Crippen LogP contribution in [0.15, 0.2) is 11.5 Å². The molecule has 0 aromatic carbocycles. The predicted molar refractivity (Wildman–Crippen MR) is 63.4 cm³/mol. The molecule has 0 spiro atoms. The van der Waals surface area contributed by atoms with Gasteiger partial charge in [-0.2, -0.15) is 0 Å². The summed E-state index contributed by atoms with van der Waals surface area (Å²) in [4.78, 5) is 0. The highest BCUT2D eigenvalue weighted by molar-refractivity contribution is 8.02. The molecule has 0 aromatic rings. The van der Waals surface area contributed by atoms with E-state index < -0.39 is 6.10 Å². The van der Waals surface area contributed by atoms with Gasteiger partial charge in [-0.05, 0) is 18.2 Å². The number of aliphatic hydroxyl groups is 2. The molecule has 0 aromatic heterocycles. The summed E-state index contributed by atoms with van der Waals surface area (Å²) in [7, 11) is 0. The van der Waals surface area contributed by atoms with Crippen molar-refractivity contribution in [3.8, 4) is 0 Å². The van der Waals surface area contributed by atoms with Gasteiger partial charge in [-0.15, -0.1) is 11.8 Å². The van der Waals surface area contributed by atoms with E-state index in [1.165, 1.54) is 25.7 Å². The molecule has 0 saturated carbocycles. The van der Waals surface area contributed by atoms with Crippen molar-refractivity contribution in [1.82, 2.24) is 0 Å². The number of unbranched alkanes of at least 4 members (excludes halogenated alkanes) is 4. The minimum atomic E-state index is -0.579. The molecule has 0 radical (unpaired) electrons. The van der Waals surface area contributed by atoms with E-state index in [2.05, 4.69) is 13.0 Å². The number of aliphatic hydroxyl groups excluding tert-OH is 2. The fraction of sp³-hybridized carbons (Fsp3) is 0.818. The highest BCUT2D eigenvalue weighted by Gasteiger charge is 1.98. The van der Waals surface area contributed by atoms with Crippen molar-refractivity contribution in [3.63, 3.8) is 0 Å². The quantitative estimate of drug-likeness (QED) is 0.584. The Labute approximate surface area is 91.4 Å². The average Bonchev–Trinajstić information content (AvgIpc) is 2.21. The zero-order valence-electron chi connectivity index (χ0n) is 8.98. The first-order valence-electron chi connectivity index (χ1n) is 5.36. The molecule has 0 fully saturated rings. The minimum Gasteiger partial charge on any atom is -0.394 e. The van der Waals surface area contributed by atoms with Crippen molar-refractivity contribution in [2.75, 3.05) is 12.4 Å². The van der Waals surface area contributed by atoms with E-state index in [9.17, 15) is 0 Å². The third kappa shape index (κ3) is 10.1. The van der Waals surface area contributed by atoms with Gasteiger partial charge in [0.15, 0.2) is 0 Å². The third-order valence-electron chi connectivity index (χ3n) is 1.92. The maximum atomic E-state index is 9.03. The number of hydrogen-bond donors (Lipinski definition) is 2. The standard InChI is InChI=1S/C11H22O2S/c1-2-3-4-5-6-7-8-14-10-11(13)9-12/h7-8,11-13H,2-6,9-10H2,1H3/b8-7+. The SMILES string of the molecule is CCCCCC/C=C/SCC(O)CO. The molecule has 14 heavy (non-hydrogen) atoms. The van der Waals surface area contributed by atoms with Crippen LogP contribution in [0.25, 0.3) is 0 Å². The fourth-order valence-electron chi connectivity index (χ4n) is 1.04. The molecule has 1 unspecified atom stereocenters. The van der Waals surface area contributed by atoms with E-state index in [1.54, 1.807) is 11.8 Å². The fourth-order valence-corrected chi connectivity index (χ4v) is 1.76. The van der Waals surface area contributed by atoms with Gasteiger partial charge in [0, 0.05) is 5.75 Å². The molecule has 3 heteroatoms. The molecule has 0 bridgehead atoms. The van der Waals surface area contributed by atoms with Gasteiger partial charge in [0.25, 0.3) is 0 Å². The molecule has 0 aliphatic carbocycles. The Morgan fingerprint density at radius 1 is 1.29 bits per heavy atom. The monoisotopic (exact) mass is 218 g/mol. The lowest BCUT2D eigenvalue weighted by Crippen LogP contribution is -2.13. The third-order valence-corrected chi connectivity index (χ3v) is 2.88. The lowest BCUT2D eigenvalue weighted by atomic mass is 10.2. The first-order valence-corrected chi connectivity index (χ1v) is 6.41. The van der Waals surface area contributed by atoms with Crippen molar-refractivity contribution in [1.29, 1.82) is 0 Å². The molecule has 0 heterocycles. The van der Waals surface area contributed by atoms with Crippen molar-refractivity contribution < 1.29 is 10.2 Å². The molecular formula is C11H22O2S. The highest BCUT2D eigenvalue weighted by Crippen LogP contribution is 2.08. The Balaban J connectivity index is 3.11. The lowest BCUT2D eigenvalue weighted by molar-refractivity contribution is 0.113. The largest absolute Gasteiger partial charge is 0.394 e. The maximum absolute atomic E-state index is 9.03. The smallest absolute Gasteiger partial charge is 0.0864 e. The summed E-state index contributed by atoms with van der Waals surface area (Å²) in [6.45, 7) is 2.07. The van der Waals surface area contributed by atoms with Gasteiger partial charge in [0.2, 0.25) is 0 Å². The molecule has 2 nitrogen and oxygen atoms in total. The highest BCUT2D eigenvalue weighted by atomic mass is 32.2. The number of rotatable bonds is 9. The Kier molecular flexibility index (Phi) is 11.1. The average molecular weight is 218 g/mol. The lowest BCUT2D eigenvalue weighted by Gasteiger charge is -2.02. The molecular weight excluding hydrogens is 196 g/mol. The summed E-state index contributed by atoms with van der Waals surface area (Å²) < 4.78 is 0. The summed E-state index contributed by atoms with van der Waals surface area (Å²) in [5.41, 5.74) is 0. The molecule has 84 valence electrons. The summed E-state index contributed by atoms with van der Waals surface area (Å²) in [6, 6.07) is 0. The van der Waals surface area contributed by atoms with Crippen LogP contribution in [0.3, 0.4) is 0 Å². The van der Waals surface area contributed by atoms with Crippen LogP contribution in [-0.2, 0) is 0 Å². The second-order valence-electron chi connectivity index (χ2n) is 3.39. The van der Waals surface area contributed by atoms with Crippen LogP contribution >= 0.6 is 11.8 Å². The Morgan fingerprint density at radius 3 is 2.71 bits per heavy atom. The molecule has 0 aliphatic heterocycles. The van der Waals surface area contributed by atoms with E-state index in [0.29, 0.717) is 5.75 Å². The number of hydrogen-bond acceptors (Lipinski definition) is 3. The molecule has 0 saturated heterocycles. The van der Waals surface area contributed by atoms with Crippen molar-refractivity contribution in [2.45, 2.75) is 45.1 Å². The van der Waals surface area contributed by atoms with Crippen LogP contribution in [0.4, 0.5) is 0 Å². The van der Waals surface area contributed by atoms with Gasteiger partial charge in [0.05, 0.1) is 12.7 Å². The molecule has 0 aliphatic rings. The summed E-state index contributed by atoms with van der Waals surface area (Å²) in [6.07, 6.45) is 7.86. The zero-order chi connectivity index (χ0) is 10.6. The van der Waals surface area contributed by atoms with E-state index in [4.69, 9.17) is 10.2 Å². The maximum Gasteiger partial charge on any atom is 0.0864 e. The van der Waals surface area contributed by atoms with Crippen LogP contribution < -0.4 is 0 Å². The summed E-state index contributed by atoms with van der Waals surface area (Å²) in [5.74, 6) is 0.585. The van der Waals surface area contributed by atoms with Gasteiger partial charge in [-0.3, -0.25) is 0 Å². The molecule has 0 amide bonds. The molecule has 2 N–H and O–H groups in total. The Morgan fingerprint density at radius 2 is 2.07 bits per heavy atom. The van der Waals surface area contributed by atoms with Crippen LogP contribution in [0.1, 0.15) is 39.0 Å². The molecule has 1 atom stereocenters. The minimum absolute atomic E-state index is 0.142. The van der Waals surface area contributed by atoms with Crippen LogP contribution in [0, 0.1) is 0 Å².